The minimum absolute atomic E-state index is 0.802. The van der Waals surface area contributed by atoms with Gasteiger partial charge in [0.2, 0.25) is 0 Å². The zero-order valence-electron chi connectivity index (χ0n) is 9.98. The lowest BCUT2D eigenvalue weighted by Crippen LogP contribution is -1.83. The third-order valence-corrected chi connectivity index (χ3v) is 4.59. The fourth-order valence-electron chi connectivity index (χ4n) is 2.19. The van der Waals surface area contributed by atoms with Crippen LogP contribution in [0.1, 0.15) is 11.8 Å². The minimum atomic E-state index is 0.802. The number of halogens is 1. The maximum Gasteiger partial charge on any atom is 0.124 e. The molecule has 2 aromatic heterocycles. The Labute approximate surface area is 115 Å². The number of nitrogens with zero attached hydrogens (tertiary/aromatic N) is 1. The molecule has 0 spiro atoms. The van der Waals surface area contributed by atoms with Gasteiger partial charge in [-0.05, 0) is 24.6 Å². The van der Waals surface area contributed by atoms with E-state index in [1.54, 1.807) is 11.3 Å². The van der Waals surface area contributed by atoms with Gasteiger partial charge in [-0.3, -0.25) is 0 Å². The van der Waals surface area contributed by atoms with Gasteiger partial charge in [-0.25, -0.2) is 4.98 Å². The zero-order chi connectivity index (χ0) is 12.5. The maximum absolute atomic E-state index is 6.33. The molecule has 3 heteroatoms. The highest BCUT2D eigenvalue weighted by atomic mass is 35.5. The van der Waals surface area contributed by atoms with Crippen LogP contribution >= 0.6 is 22.9 Å². The Balaban J connectivity index is 2.37. The van der Waals surface area contributed by atoms with Crippen LogP contribution in [0.3, 0.4) is 0 Å². The summed E-state index contributed by atoms with van der Waals surface area (Å²) in [6.07, 6.45) is 2.84. The molecule has 0 bridgehead atoms. The SMILES string of the molecule is CCc1sc2ncccc2c1-c1ccccc1Cl. The van der Waals surface area contributed by atoms with Crippen molar-refractivity contribution in [3.8, 4) is 11.1 Å². The van der Waals surface area contributed by atoms with Crippen LogP contribution < -0.4 is 0 Å². The van der Waals surface area contributed by atoms with E-state index in [1.807, 2.05) is 30.5 Å². The third-order valence-electron chi connectivity index (χ3n) is 3.00. The van der Waals surface area contributed by atoms with Crippen LogP contribution in [0.2, 0.25) is 5.02 Å². The van der Waals surface area contributed by atoms with Crippen molar-refractivity contribution in [2.75, 3.05) is 0 Å². The maximum atomic E-state index is 6.33. The predicted molar refractivity (Wildman–Crippen MR) is 79.4 cm³/mol. The van der Waals surface area contributed by atoms with E-state index in [4.69, 9.17) is 11.6 Å². The molecule has 0 atom stereocenters. The quantitative estimate of drug-likeness (QED) is 0.627. The van der Waals surface area contributed by atoms with E-state index in [2.05, 4.69) is 24.0 Å². The topological polar surface area (TPSA) is 12.9 Å². The van der Waals surface area contributed by atoms with Crippen molar-refractivity contribution in [3.63, 3.8) is 0 Å². The molecule has 0 radical (unpaired) electrons. The normalized spacial score (nSPS) is 11.0. The summed E-state index contributed by atoms with van der Waals surface area (Å²) in [5.74, 6) is 0. The molecular formula is C15H12ClNS. The average molecular weight is 274 g/mol. The number of fused-ring (bicyclic) bond motifs is 1. The first-order valence-corrected chi connectivity index (χ1v) is 7.12. The predicted octanol–water partition coefficient (Wildman–Crippen LogP) is 5.18. The molecule has 0 unspecified atom stereocenters. The Morgan fingerprint density at radius 2 is 2.00 bits per heavy atom. The molecule has 18 heavy (non-hydrogen) atoms. The lowest BCUT2D eigenvalue weighted by atomic mass is 10.0. The second-order valence-corrected chi connectivity index (χ2v) is 5.58. The first kappa shape index (κ1) is 11.7. The Bertz CT molecular complexity index is 703. The van der Waals surface area contributed by atoms with Crippen molar-refractivity contribution in [3.05, 3.63) is 52.5 Å². The van der Waals surface area contributed by atoms with Crippen molar-refractivity contribution < 1.29 is 0 Å². The summed E-state index contributed by atoms with van der Waals surface area (Å²) in [6, 6.07) is 12.1. The summed E-state index contributed by atoms with van der Waals surface area (Å²) >= 11 is 8.09. The summed E-state index contributed by atoms with van der Waals surface area (Å²) in [4.78, 5) is 6.87. The fourth-order valence-corrected chi connectivity index (χ4v) is 3.51. The molecule has 0 amide bonds. The van der Waals surface area contributed by atoms with Gasteiger partial charge in [-0.2, -0.15) is 0 Å². The molecule has 0 saturated carbocycles. The Kier molecular flexibility index (Phi) is 3.06. The van der Waals surface area contributed by atoms with Crippen LogP contribution in [-0.2, 0) is 6.42 Å². The summed E-state index contributed by atoms with van der Waals surface area (Å²) < 4.78 is 0. The highest BCUT2D eigenvalue weighted by Crippen LogP contribution is 2.40. The Morgan fingerprint density at radius 3 is 2.78 bits per heavy atom. The van der Waals surface area contributed by atoms with Crippen LogP contribution in [-0.4, -0.2) is 4.98 Å². The van der Waals surface area contributed by atoms with E-state index in [-0.39, 0.29) is 0 Å². The number of hydrogen-bond acceptors (Lipinski definition) is 2. The van der Waals surface area contributed by atoms with Gasteiger partial charge in [-0.15, -0.1) is 11.3 Å². The first-order valence-electron chi connectivity index (χ1n) is 5.92. The van der Waals surface area contributed by atoms with E-state index in [0.29, 0.717) is 0 Å². The molecule has 0 aliphatic rings. The third kappa shape index (κ3) is 1.82. The smallest absolute Gasteiger partial charge is 0.124 e. The Morgan fingerprint density at radius 1 is 1.17 bits per heavy atom. The highest BCUT2D eigenvalue weighted by molar-refractivity contribution is 7.19. The van der Waals surface area contributed by atoms with E-state index in [1.165, 1.54) is 15.8 Å². The van der Waals surface area contributed by atoms with Crippen LogP contribution in [0.15, 0.2) is 42.6 Å². The molecule has 0 aliphatic carbocycles. The van der Waals surface area contributed by atoms with Crippen LogP contribution in [0.5, 0.6) is 0 Å². The fraction of sp³-hybridized carbons (Fsp3) is 0.133. The zero-order valence-corrected chi connectivity index (χ0v) is 11.6. The van der Waals surface area contributed by atoms with Gasteiger partial charge in [0, 0.05) is 32.6 Å². The largest absolute Gasteiger partial charge is 0.245 e. The van der Waals surface area contributed by atoms with E-state index in [0.717, 1.165) is 21.8 Å². The molecule has 90 valence electrons. The molecule has 0 saturated heterocycles. The lowest BCUT2D eigenvalue weighted by Gasteiger charge is -2.05. The number of rotatable bonds is 2. The van der Waals surface area contributed by atoms with E-state index < -0.39 is 0 Å². The molecule has 0 aliphatic heterocycles. The van der Waals surface area contributed by atoms with Gasteiger partial charge >= 0.3 is 0 Å². The number of aromatic nitrogens is 1. The van der Waals surface area contributed by atoms with Gasteiger partial charge in [0.05, 0.1) is 0 Å². The highest BCUT2D eigenvalue weighted by Gasteiger charge is 2.15. The Hall–Kier alpha value is -1.38. The van der Waals surface area contributed by atoms with Gasteiger partial charge in [0.1, 0.15) is 4.83 Å². The summed E-state index contributed by atoms with van der Waals surface area (Å²) in [6.45, 7) is 2.17. The lowest BCUT2D eigenvalue weighted by molar-refractivity contribution is 1.19. The molecular weight excluding hydrogens is 262 g/mol. The first-order chi connectivity index (χ1) is 8.81. The monoisotopic (exact) mass is 273 g/mol. The van der Waals surface area contributed by atoms with Gasteiger partial charge in [-0.1, -0.05) is 36.7 Å². The standard InChI is InChI=1S/C15H12ClNS/c1-2-13-14(10-6-3-4-8-12(10)16)11-7-5-9-17-15(11)18-13/h3-9H,2H2,1H3. The van der Waals surface area contributed by atoms with E-state index in [9.17, 15) is 0 Å². The average Bonchev–Trinajstić information content (AvgIpc) is 2.78. The number of benzene rings is 1. The second kappa shape index (κ2) is 4.71. The van der Waals surface area contributed by atoms with Gasteiger partial charge < -0.3 is 0 Å². The summed E-state index contributed by atoms with van der Waals surface area (Å²) in [5, 5.41) is 2.00. The van der Waals surface area contributed by atoms with Crippen molar-refractivity contribution in [2.45, 2.75) is 13.3 Å². The van der Waals surface area contributed by atoms with Crippen LogP contribution in [0, 0.1) is 0 Å². The number of thiophene rings is 1. The van der Waals surface area contributed by atoms with Crippen LogP contribution in [0.25, 0.3) is 21.3 Å². The van der Waals surface area contributed by atoms with Crippen molar-refractivity contribution in [2.24, 2.45) is 0 Å². The van der Waals surface area contributed by atoms with Crippen LogP contribution in [0.4, 0.5) is 0 Å². The number of pyridine rings is 1. The van der Waals surface area contributed by atoms with Crippen molar-refractivity contribution in [1.82, 2.24) is 4.98 Å². The summed E-state index contributed by atoms with van der Waals surface area (Å²) in [7, 11) is 0. The molecule has 0 N–H and O–H groups in total. The molecule has 1 aromatic carbocycles. The molecule has 2 heterocycles. The van der Waals surface area contributed by atoms with Crippen molar-refractivity contribution in [1.29, 1.82) is 0 Å². The number of hydrogen-bond donors (Lipinski definition) is 0. The van der Waals surface area contributed by atoms with Crippen molar-refractivity contribution >= 4 is 33.2 Å². The minimum Gasteiger partial charge on any atom is -0.245 e. The summed E-state index contributed by atoms with van der Waals surface area (Å²) in [5.41, 5.74) is 2.35. The second-order valence-electron chi connectivity index (χ2n) is 4.09. The van der Waals surface area contributed by atoms with E-state index >= 15 is 0 Å². The molecule has 3 rings (SSSR count). The van der Waals surface area contributed by atoms with Gasteiger partial charge in [0.15, 0.2) is 0 Å². The molecule has 1 nitrogen and oxygen atoms in total. The number of aryl methyl sites for hydroxylation is 1. The molecule has 0 fully saturated rings. The molecule has 3 aromatic rings. The van der Waals surface area contributed by atoms with Gasteiger partial charge in [0.25, 0.3) is 0 Å².